The fraction of sp³-hybridized carbons (Fsp3) is 0.840. The second-order valence-electron chi connectivity index (χ2n) is 10.7. The van der Waals surface area contributed by atoms with E-state index in [1.165, 1.54) is 5.57 Å². The van der Waals surface area contributed by atoms with E-state index in [0.29, 0.717) is 37.7 Å². The number of fused-ring (bicyclic) bond motifs is 5. The Morgan fingerprint density at radius 1 is 1.23 bits per heavy atom. The standard InChI is InChI=1S/C25H38O5/c1-4-5-12-30-25(21(29)15-26)11-9-19-18-7-6-16-13-17(27)8-10-23(16,2)22(18)20(28)14-24(19,25)3/h13,18-20,22,26,28H,4-12,14-15H2,1-3H3/t18?,19?,20?,22?,23?,24?,25-/m0/s1. The van der Waals surface area contributed by atoms with E-state index in [2.05, 4.69) is 20.8 Å². The summed E-state index contributed by atoms with van der Waals surface area (Å²) in [6.07, 6.45) is 8.47. The van der Waals surface area contributed by atoms with E-state index in [9.17, 15) is 19.8 Å². The molecule has 2 N–H and O–H groups in total. The lowest BCUT2D eigenvalue weighted by Crippen LogP contribution is -2.62. The van der Waals surface area contributed by atoms with Crippen LogP contribution in [0.1, 0.15) is 78.6 Å². The molecule has 7 atom stereocenters. The molecule has 0 amide bonds. The highest BCUT2D eigenvalue weighted by atomic mass is 16.5. The maximum absolute atomic E-state index is 13.1. The van der Waals surface area contributed by atoms with Gasteiger partial charge in [-0.25, -0.2) is 0 Å². The molecular formula is C25H38O5. The molecule has 0 aromatic carbocycles. The molecule has 3 fully saturated rings. The summed E-state index contributed by atoms with van der Waals surface area (Å²) in [5.74, 6) is 0.726. The fourth-order valence-electron chi connectivity index (χ4n) is 7.97. The molecule has 4 rings (SSSR count). The molecule has 4 aliphatic rings. The fourth-order valence-corrected chi connectivity index (χ4v) is 7.97. The van der Waals surface area contributed by atoms with Crippen molar-refractivity contribution >= 4 is 11.6 Å². The van der Waals surface area contributed by atoms with E-state index in [-0.39, 0.29) is 22.9 Å². The lowest BCUT2D eigenvalue weighted by atomic mass is 9.45. The summed E-state index contributed by atoms with van der Waals surface area (Å²) in [6.45, 7) is 6.47. The maximum atomic E-state index is 13.1. The molecule has 168 valence electrons. The van der Waals surface area contributed by atoms with Gasteiger partial charge in [0.2, 0.25) is 0 Å². The predicted molar refractivity (Wildman–Crippen MR) is 114 cm³/mol. The highest BCUT2D eigenvalue weighted by Crippen LogP contribution is 2.68. The van der Waals surface area contributed by atoms with Gasteiger partial charge in [0.15, 0.2) is 11.6 Å². The van der Waals surface area contributed by atoms with Crippen LogP contribution >= 0.6 is 0 Å². The van der Waals surface area contributed by atoms with Crippen molar-refractivity contribution in [3.8, 4) is 0 Å². The largest absolute Gasteiger partial charge is 0.393 e. The molecule has 0 spiro atoms. The third kappa shape index (κ3) is 2.99. The van der Waals surface area contributed by atoms with Crippen LogP contribution in [-0.4, -0.2) is 46.7 Å². The van der Waals surface area contributed by atoms with E-state index in [4.69, 9.17) is 4.74 Å². The Labute approximate surface area is 180 Å². The van der Waals surface area contributed by atoms with Crippen molar-refractivity contribution in [2.45, 2.75) is 90.3 Å². The second-order valence-corrected chi connectivity index (χ2v) is 10.7. The molecule has 0 bridgehead atoms. The molecule has 0 aromatic rings. The minimum absolute atomic E-state index is 0.124. The molecular weight excluding hydrogens is 380 g/mol. The average Bonchev–Trinajstić information content (AvgIpc) is 3.00. The van der Waals surface area contributed by atoms with Crippen LogP contribution in [0, 0.1) is 28.6 Å². The smallest absolute Gasteiger partial charge is 0.190 e. The van der Waals surface area contributed by atoms with Gasteiger partial charge in [-0.05, 0) is 74.2 Å². The van der Waals surface area contributed by atoms with E-state index < -0.39 is 23.7 Å². The van der Waals surface area contributed by atoms with E-state index in [0.717, 1.165) is 38.5 Å². The number of rotatable bonds is 6. The van der Waals surface area contributed by atoms with Gasteiger partial charge >= 0.3 is 0 Å². The quantitative estimate of drug-likeness (QED) is 0.644. The van der Waals surface area contributed by atoms with Crippen LogP contribution in [0.4, 0.5) is 0 Å². The van der Waals surface area contributed by atoms with Gasteiger partial charge < -0.3 is 14.9 Å². The van der Waals surface area contributed by atoms with Crippen LogP contribution in [0.25, 0.3) is 0 Å². The van der Waals surface area contributed by atoms with Crippen molar-refractivity contribution in [2.75, 3.05) is 13.2 Å². The van der Waals surface area contributed by atoms with E-state index in [1.807, 2.05) is 6.08 Å². The molecule has 0 radical (unpaired) electrons. The SMILES string of the molecule is CCCCO[C@]1(C(=O)CO)CCC2C3CCC4=CC(=O)CCC4(C)C3C(O)CC21C. The number of aliphatic hydroxyl groups is 2. The van der Waals surface area contributed by atoms with Crippen molar-refractivity contribution in [3.05, 3.63) is 11.6 Å². The highest BCUT2D eigenvalue weighted by Gasteiger charge is 2.69. The van der Waals surface area contributed by atoms with Gasteiger partial charge in [0.05, 0.1) is 6.10 Å². The zero-order valence-electron chi connectivity index (χ0n) is 18.8. The lowest BCUT2D eigenvalue weighted by Gasteiger charge is -2.61. The van der Waals surface area contributed by atoms with Crippen LogP contribution in [0.5, 0.6) is 0 Å². The Bertz CT molecular complexity index is 744. The number of Topliss-reactive ketones (excluding diaryl/α,β-unsaturated/α-hetero) is 1. The monoisotopic (exact) mass is 418 g/mol. The summed E-state index contributed by atoms with van der Waals surface area (Å²) in [5, 5.41) is 21.3. The first-order valence-corrected chi connectivity index (χ1v) is 11.9. The van der Waals surface area contributed by atoms with Gasteiger partial charge in [-0.1, -0.05) is 32.8 Å². The minimum atomic E-state index is -0.993. The lowest BCUT2D eigenvalue weighted by molar-refractivity contribution is -0.196. The van der Waals surface area contributed by atoms with Gasteiger partial charge in [-0.15, -0.1) is 0 Å². The van der Waals surface area contributed by atoms with Gasteiger partial charge in [0, 0.05) is 18.4 Å². The number of carbonyl (C=O) groups is 2. The molecule has 0 saturated heterocycles. The summed E-state index contributed by atoms with van der Waals surface area (Å²) in [4.78, 5) is 25.1. The van der Waals surface area contributed by atoms with Gasteiger partial charge in [-0.2, -0.15) is 0 Å². The van der Waals surface area contributed by atoms with Crippen LogP contribution in [0.3, 0.4) is 0 Å². The Balaban J connectivity index is 1.70. The van der Waals surface area contributed by atoms with Crippen LogP contribution in [-0.2, 0) is 14.3 Å². The number of ketones is 2. The number of allylic oxidation sites excluding steroid dienone is 1. The molecule has 4 aliphatic carbocycles. The molecule has 30 heavy (non-hydrogen) atoms. The van der Waals surface area contributed by atoms with Crippen LogP contribution in [0.15, 0.2) is 11.6 Å². The van der Waals surface area contributed by atoms with Crippen molar-refractivity contribution < 1.29 is 24.5 Å². The summed E-state index contributed by atoms with van der Waals surface area (Å²) in [5.41, 5.74) is -0.374. The molecule has 0 heterocycles. The van der Waals surface area contributed by atoms with Crippen molar-refractivity contribution in [1.82, 2.24) is 0 Å². The predicted octanol–water partition coefficient (Wildman–Crippen LogP) is 3.61. The zero-order chi connectivity index (χ0) is 21.7. The highest BCUT2D eigenvalue weighted by molar-refractivity contribution is 5.92. The zero-order valence-corrected chi connectivity index (χ0v) is 18.8. The summed E-state index contributed by atoms with van der Waals surface area (Å²) < 4.78 is 6.35. The molecule has 0 aromatic heterocycles. The van der Waals surface area contributed by atoms with Crippen LogP contribution < -0.4 is 0 Å². The Morgan fingerprint density at radius 3 is 2.70 bits per heavy atom. The molecule has 5 heteroatoms. The topological polar surface area (TPSA) is 83.8 Å². The van der Waals surface area contributed by atoms with E-state index in [1.54, 1.807) is 0 Å². The minimum Gasteiger partial charge on any atom is -0.393 e. The number of ether oxygens (including phenoxy) is 1. The number of carbonyl (C=O) groups excluding carboxylic acids is 2. The van der Waals surface area contributed by atoms with Gasteiger partial charge in [0.1, 0.15) is 12.2 Å². The van der Waals surface area contributed by atoms with Gasteiger partial charge in [-0.3, -0.25) is 9.59 Å². The second kappa shape index (κ2) is 7.83. The molecule has 3 saturated carbocycles. The number of unbranched alkanes of at least 4 members (excludes halogenated alkanes) is 1. The maximum Gasteiger partial charge on any atom is 0.190 e. The Hall–Kier alpha value is -1.04. The first-order chi connectivity index (χ1) is 14.2. The third-order valence-electron chi connectivity index (χ3n) is 9.46. The average molecular weight is 419 g/mol. The normalized spacial score (nSPS) is 45.4. The molecule has 0 aliphatic heterocycles. The number of hydrogen-bond acceptors (Lipinski definition) is 5. The van der Waals surface area contributed by atoms with E-state index >= 15 is 0 Å². The first kappa shape index (κ1) is 22.2. The molecule has 6 unspecified atom stereocenters. The Morgan fingerprint density at radius 2 is 2.00 bits per heavy atom. The van der Waals surface area contributed by atoms with Crippen molar-refractivity contribution in [2.24, 2.45) is 28.6 Å². The third-order valence-corrected chi connectivity index (χ3v) is 9.46. The van der Waals surface area contributed by atoms with Crippen molar-refractivity contribution in [1.29, 1.82) is 0 Å². The summed E-state index contributed by atoms with van der Waals surface area (Å²) in [6, 6.07) is 0. The molecule has 5 nitrogen and oxygen atoms in total. The summed E-state index contributed by atoms with van der Waals surface area (Å²) >= 11 is 0. The Kier molecular flexibility index (Phi) is 5.78. The number of aliphatic hydroxyl groups excluding tert-OH is 2. The first-order valence-electron chi connectivity index (χ1n) is 11.9. The van der Waals surface area contributed by atoms with Crippen LogP contribution in [0.2, 0.25) is 0 Å². The van der Waals surface area contributed by atoms with Gasteiger partial charge in [0.25, 0.3) is 0 Å². The van der Waals surface area contributed by atoms with Crippen molar-refractivity contribution in [3.63, 3.8) is 0 Å². The summed E-state index contributed by atoms with van der Waals surface area (Å²) in [7, 11) is 0. The number of hydrogen-bond donors (Lipinski definition) is 2.